The summed E-state index contributed by atoms with van der Waals surface area (Å²) in [5.41, 5.74) is 0.900. The first kappa shape index (κ1) is 27.6. The van der Waals surface area contributed by atoms with E-state index in [0.717, 1.165) is 31.1 Å². The highest BCUT2D eigenvalue weighted by Gasteiger charge is 2.46. The summed E-state index contributed by atoms with van der Waals surface area (Å²) in [5, 5.41) is 24.2. The summed E-state index contributed by atoms with van der Waals surface area (Å²) in [4.78, 5) is 37.0. The number of nitrogens with zero attached hydrogens (tertiary/aromatic N) is 6. The van der Waals surface area contributed by atoms with Crippen molar-refractivity contribution in [3.63, 3.8) is 0 Å². The molecule has 0 bridgehead atoms. The van der Waals surface area contributed by atoms with Crippen molar-refractivity contribution in [2.75, 3.05) is 36.6 Å². The number of rotatable bonds is 9. The number of hydrogen-bond acceptors (Lipinski definition) is 8. The summed E-state index contributed by atoms with van der Waals surface area (Å²) < 4.78 is 15.6. The van der Waals surface area contributed by atoms with Crippen LogP contribution in [0, 0.1) is 5.82 Å². The van der Waals surface area contributed by atoms with E-state index < -0.39 is 23.4 Å². The lowest BCUT2D eigenvalue weighted by Gasteiger charge is -2.52. The topological polar surface area (TPSA) is 140 Å². The van der Waals surface area contributed by atoms with Gasteiger partial charge in [-0.25, -0.2) is 18.7 Å². The summed E-state index contributed by atoms with van der Waals surface area (Å²) in [6, 6.07) is 3.63. The van der Waals surface area contributed by atoms with E-state index >= 15 is 0 Å². The highest BCUT2D eigenvalue weighted by atomic mass is 19.1. The molecule has 2 aliphatic carbocycles. The zero-order valence-corrected chi connectivity index (χ0v) is 23.2. The third kappa shape index (κ3) is 5.37. The monoisotopic (exact) mass is 553 g/mol. The fourth-order valence-electron chi connectivity index (χ4n) is 5.82. The van der Waals surface area contributed by atoms with Gasteiger partial charge in [-0.2, -0.15) is 0 Å². The van der Waals surface area contributed by atoms with Gasteiger partial charge < -0.3 is 30.9 Å². The Morgan fingerprint density at radius 1 is 1.18 bits per heavy atom. The number of amides is 2. The predicted molar refractivity (Wildman–Crippen MR) is 149 cm³/mol. The molecule has 3 aromatic rings. The van der Waals surface area contributed by atoms with Gasteiger partial charge in [0, 0.05) is 36.9 Å². The highest BCUT2D eigenvalue weighted by molar-refractivity contribution is 6.03. The standard InChI is InChI=1S/C27H36FN9O3/c1-5-36(26(39)40)27(2)10-8-17(12-22(27)35(3)4)32-23-13-20(31-16-6-7-16)24-30-15-21(37(24)34-23)25(38)33-19-9-11-29-14-18(19)28/h9,11,13-17,22,31H,5-8,10,12H2,1-4H3,(H,32,34)(H,39,40)(H,29,33,38)/t17?,22-,27-/m1/s1. The van der Waals surface area contributed by atoms with Crippen LogP contribution in [0.4, 0.5) is 26.4 Å². The largest absolute Gasteiger partial charge is 0.465 e. The lowest BCUT2D eigenvalue weighted by Crippen LogP contribution is -2.64. The van der Waals surface area contributed by atoms with Gasteiger partial charge in [0.1, 0.15) is 5.82 Å². The van der Waals surface area contributed by atoms with E-state index in [1.165, 1.54) is 27.9 Å². The molecular weight excluding hydrogens is 517 g/mol. The van der Waals surface area contributed by atoms with Crippen LogP contribution in [0.15, 0.2) is 30.7 Å². The molecule has 0 aliphatic heterocycles. The van der Waals surface area contributed by atoms with Crippen molar-refractivity contribution in [3.05, 3.63) is 42.2 Å². The number of fused-ring (bicyclic) bond motifs is 1. The van der Waals surface area contributed by atoms with Crippen LogP contribution in [0.3, 0.4) is 0 Å². The number of aromatic nitrogens is 4. The molecule has 0 spiro atoms. The molecule has 0 radical (unpaired) electrons. The molecule has 2 saturated carbocycles. The first-order valence-electron chi connectivity index (χ1n) is 13.6. The average molecular weight is 554 g/mol. The Morgan fingerprint density at radius 2 is 1.95 bits per heavy atom. The van der Waals surface area contributed by atoms with Gasteiger partial charge in [0.15, 0.2) is 17.2 Å². The molecule has 3 atom stereocenters. The highest BCUT2D eigenvalue weighted by Crippen LogP contribution is 2.38. The van der Waals surface area contributed by atoms with Crippen molar-refractivity contribution in [1.82, 2.24) is 29.4 Å². The van der Waals surface area contributed by atoms with E-state index in [1.54, 1.807) is 0 Å². The van der Waals surface area contributed by atoms with E-state index in [4.69, 9.17) is 5.10 Å². The van der Waals surface area contributed by atoms with Crippen LogP contribution in [0.5, 0.6) is 0 Å². The molecule has 214 valence electrons. The Labute approximate surface area is 232 Å². The number of carboxylic acid groups (broad SMARTS) is 1. The minimum absolute atomic E-state index is 0.0167. The summed E-state index contributed by atoms with van der Waals surface area (Å²) in [6.45, 7) is 4.30. The van der Waals surface area contributed by atoms with Crippen molar-refractivity contribution < 1.29 is 19.1 Å². The molecule has 40 heavy (non-hydrogen) atoms. The van der Waals surface area contributed by atoms with Gasteiger partial charge in [-0.05, 0) is 66.1 Å². The third-order valence-corrected chi connectivity index (χ3v) is 8.02. The van der Waals surface area contributed by atoms with Crippen molar-refractivity contribution in [1.29, 1.82) is 0 Å². The van der Waals surface area contributed by atoms with E-state index in [2.05, 4.69) is 30.8 Å². The predicted octanol–water partition coefficient (Wildman–Crippen LogP) is 3.74. The number of carbonyl (C=O) groups excluding carboxylic acids is 1. The minimum Gasteiger partial charge on any atom is -0.465 e. The molecular formula is C27H36FN9O3. The number of halogens is 1. The SMILES string of the molecule is CCN(C(=O)O)[C@]1(C)CCC(Nc2cc(NC3CC3)c3ncc(C(=O)Nc4ccncc4F)n3n2)C[C@H]1N(C)C. The number of hydrogen-bond donors (Lipinski definition) is 4. The Morgan fingerprint density at radius 3 is 2.60 bits per heavy atom. The van der Waals surface area contributed by atoms with Gasteiger partial charge in [-0.1, -0.05) is 0 Å². The lowest BCUT2D eigenvalue weighted by atomic mass is 9.74. The van der Waals surface area contributed by atoms with Crippen LogP contribution in [-0.4, -0.2) is 90.8 Å². The fraction of sp³-hybridized carbons (Fsp3) is 0.519. The van der Waals surface area contributed by atoms with E-state index in [1.807, 2.05) is 34.0 Å². The quantitative estimate of drug-likeness (QED) is 0.312. The number of imidazole rings is 1. The molecule has 2 amide bonds. The number of likely N-dealkylation sites (N-methyl/N-ethyl adjacent to an activating group) is 2. The van der Waals surface area contributed by atoms with Gasteiger partial charge in [0.2, 0.25) is 0 Å². The summed E-state index contributed by atoms with van der Waals surface area (Å²) in [7, 11) is 3.95. The van der Waals surface area contributed by atoms with Crippen LogP contribution in [-0.2, 0) is 0 Å². The minimum atomic E-state index is -0.913. The van der Waals surface area contributed by atoms with Crippen molar-refractivity contribution in [3.8, 4) is 0 Å². The number of carbonyl (C=O) groups is 2. The molecule has 4 N–H and O–H groups in total. The van der Waals surface area contributed by atoms with Crippen molar-refractivity contribution in [2.45, 2.75) is 69.6 Å². The maximum absolute atomic E-state index is 14.1. The molecule has 5 rings (SSSR count). The Kier molecular flexibility index (Phi) is 7.49. The van der Waals surface area contributed by atoms with E-state index in [-0.39, 0.29) is 23.5 Å². The average Bonchev–Trinajstić information content (AvgIpc) is 3.61. The number of pyridine rings is 1. The number of nitrogens with one attached hydrogen (secondary N) is 3. The molecule has 2 aliphatic rings. The van der Waals surface area contributed by atoms with Crippen LogP contribution in [0.25, 0.3) is 5.65 Å². The van der Waals surface area contributed by atoms with Crippen molar-refractivity contribution >= 4 is 34.8 Å². The molecule has 3 heterocycles. The molecule has 12 nitrogen and oxygen atoms in total. The zero-order valence-electron chi connectivity index (χ0n) is 23.2. The van der Waals surface area contributed by atoms with Crippen LogP contribution in [0.2, 0.25) is 0 Å². The molecule has 1 unspecified atom stereocenters. The summed E-state index contributed by atoms with van der Waals surface area (Å²) >= 11 is 0. The zero-order chi connectivity index (χ0) is 28.6. The normalized spacial score (nSPS) is 22.8. The van der Waals surface area contributed by atoms with Crippen LogP contribution >= 0.6 is 0 Å². The summed E-state index contributed by atoms with van der Waals surface area (Å²) in [6.07, 6.45) is 7.18. The number of anilines is 3. The maximum atomic E-state index is 14.1. The van der Waals surface area contributed by atoms with Gasteiger partial charge >= 0.3 is 6.09 Å². The van der Waals surface area contributed by atoms with Crippen LogP contribution in [0.1, 0.15) is 56.4 Å². The Bertz CT molecular complexity index is 1410. The van der Waals surface area contributed by atoms with Gasteiger partial charge in [-0.15, -0.1) is 5.10 Å². The smallest absolute Gasteiger partial charge is 0.407 e. The second-order valence-corrected chi connectivity index (χ2v) is 11.0. The van der Waals surface area contributed by atoms with Gasteiger partial charge in [0.05, 0.1) is 29.3 Å². The second-order valence-electron chi connectivity index (χ2n) is 11.0. The van der Waals surface area contributed by atoms with Gasteiger partial charge in [0.25, 0.3) is 5.91 Å². The first-order chi connectivity index (χ1) is 19.1. The van der Waals surface area contributed by atoms with Crippen LogP contribution < -0.4 is 16.0 Å². The van der Waals surface area contributed by atoms with Gasteiger partial charge in [-0.3, -0.25) is 9.78 Å². The second kappa shape index (κ2) is 10.9. The Balaban J connectivity index is 1.43. The lowest BCUT2D eigenvalue weighted by molar-refractivity contribution is 0.00420. The molecule has 0 aromatic carbocycles. The third-order valence-electron chi connectivity index (χ3n) is 8.02. The molecule has 0 saturated heterocycles. The Hall–Kier alpha value is -4.00. The van der Waals surface area contributed by atoms with E-state index in [0.29, 0.717) is 36.9 Å². The van der Waals surface area contributed by atoms with Crippen molar-refractivity contribution in [2.24, 2.45) is 0 Å². The first-order valence-corrected chi connectivity index (χ1v) is 13.6. The molecule has 13 heteroatoms. The molecule has 2 fully saturated rings. The summed E-state index contributed by atoms with van der Waals surface area (Å²) in [5.74, 6) is -0.621. The van der Waals surface area contributed by atoms with E-state index in [9.17, 15) is 19.1 Å². The molecule has 3 aromatic heterocycles. The fourth-order valence-corrected chi connectivity index (χ4v) is 5.82. The maximum Gasteiger partial charge on any atom is 0.407 e.